The Labute approximate surface area is 243 Å². The largest absolute Gasteiger partial charge is 4.00 e. The summed E-state index contributed by atoms with van der Waals surface area (Å²) in [5.74, 6) is 0. The molecule has 2 heterocycles. The average molecular weight is 574 g/mol. The zero-order valence-electron chi connectivity index (χ0n) is 21.3. The van der Waals surface area contributed by atoms with E-state index in [1.165, 1.54) is 48.9 Å². The predicted octanol–water partition coefficient (Wildman–Crippen LogP) is 2.81. The van der Waals surface area contributed by atoms with Gasteiger partial charge < -0.3 is 24.8 Å². The van der Waals surface area contributed by atoms with E-state index < -0.39 is 16.1 Å². The van der Waals surface area contributed by atoms with Gasteiger partial charge in [-0.1, -0.05) is 123 Å². The van der Waals surface area contributed by atoms with Crippen molar-refractivity contribution in [2.75, 3.05) is 0 Å². The summed E-state index contributed by atoms with van der Waals surface area (Å²) in [6.07, 6.45) is 17.5. The van der Waals surface area contributed by atoms with Crippen molar-refractivity contribution in [3.63, 3.8) is 0 Å². The van der Waals surface area contributed by atoms with Crippen LogP contribution in [-0.4, -0.2) is 16.1 Å². The Bertz CT molecular complexity index is 929. The molecule has 2 aliphatic heterocycles. The van der Waals surface area contributed by atoms with Crippen molar-refractivity contribution in [2.45, 2.75) is 86.9 Å². The first-order chi connectivity index (χ1) is 15.7. The summed E-state index contributed by atoms with van der Waals surface area (Å²) in [7, 11) is -2.01. The Hall–Kier alpha value is -0.352. The van der Waals surface area contributed by atoms with Crippen LogP contribution >= 0.6 is 0 Å². The summed E-state index contributed by atoms with van der Waals surface area (Å²) in [6.45, 7) is 4.69. The molecule has 2 unspecified atom stereocenters. The molecule has 2 saturated heterocycles. The molecule has 0 amide bonds. The molecule has 0 N–H and O–H groups in total. The number of halogens is 2. The summed E-state index contributed by atoms with van der Waals surface area (Å²) in [4.78, 5) is 0. The van der Waals surface area contributed by atoms with Crippen LogP contribution in [0.2, 0.25) is 36.3 Å². The third-order valence-electron chi connectivity index (χ3n) is 8.84. The van der Waals surface area contributed by atoms with Crippen LogP contribution in [0.5, 0.6) is 0 Å². The fourth-order valence-electron chi connectivity index (χ4n) is 6.97. The Morgan fingerprint density at radius 2 is 1.03 bits per heavy atom. The van der Waals surface area contributed by atoms with Crippen molar-refractivity contribution in [1.82, 2.24) is 0 Å². The minimum atomic E-state index is -1.00. The van der Waals surface area contributed by atoms with Gasteiger partial charge in [-0.15, -0.1) is 23.3 Å². The molecular formula is C30H38Cl2Si2Ti. The van der Waals surface area contributed by atoms with Gasteiger partial charge in [0.25, 0.3) is 0 Å². The van der Waals surface area contributed by atoms with Crippen molar-refractivity contribution in [3.05, 3.63) is 82.9 Å². The fraction of sp³-hybridized carbons (Fsp3) is 0.467. The van der Waals surface area contributed by atoms with Crippen LogP contribution in [0.4, 0.5) is 0 Å². The topological polar surface area (TPSA) is 0 Å². The van der Waals surface area contributed by atoms with Gasteiger partial charge in [-0.2, -0.15) is 11.1 Å². The Morgan fingerprint density at radius 1 is 0.657 bits per heavy atom. The number of hydrogen-bond acceptors (Lipinski definition) is 0. The van der Waals surface area contributed by atoms with Gasteiger partial charge in [-0.05, 0) is 0 Å². The molecule has 35 heavy (non-hydrogen) atoms. The third kappa shape index (κ3) is 5.89. The summed E-state index contributed by atoms with van der Waals surface area (Å²) in [5, 5.41) is 0. The molecule has 0 saturated carbocycles. The summed E-state index contributed by atoms with van der Waals surface area (Å²) in [6, 6.07) is 27.0. The number of allylic oxidation sites excluding steroid dienone is 2. The first kappa shape index (κ1) is 30.9. The van der Waals surface area contributed by atoms with E-state index in [0.29, 0.717) is 0 Å². The molecule has 4 aliphatic rings. The van der Waals surface area contributed by atoms with Gasteiger partial charge in [-0.25, -0.2) is 12.2 Å². The molecule has 6 rings (SSSR count). The van der Waals surface area contributed by atoms with Gasteiger partial charge in [-0.3, -0.25) is 12.2 Å². The number of benzene rings is 2. The van der Waals surface area contributed by atoms with E-state index in [2.05, 4.69) is 86.7 Å². The molecule has 0 bridgehead atoms. The Kier molecular flexibility index (Phi) is 11.9. The average Bonchev–Trinajstić information content (AvgIpc) is 3.39. The number of hydrogen-bond donors (Lipinski definition) is 0. The van der Waals surface area contributed by atoms with Gasteiger partial charge in [0, 0.05) is 16.1 Å². The maximum Gasteiger partial charge on any atom is 4.00 e. The number of rotatable bonds is 6. The molecule has 2 fully saturated rings. The fourth-order valence-corrected chi connectivity index (χ4v) is 16.9. The van der Waals surface area contributed by atoms with Crippen molar-refractivity contribution in [1.29, 1.82) is 0 Å². The van der Waals surface area contributed by atoms with Gasteiger partial charge in [0.15, 0.2) is 0 Å². The summed E-state index contributed by atoms with van der Waals surface area (Å²) in [5.41, 5.74) is 7.48. The standard InChI is InChI=1S/2C15H19Si.2ClH.Ti/c2*1-2-10-16(11-5-12-16)15-9-8-13-6-3-4-7-14(13)15;;;/h2*3-4,6-8,15H,2,5,10-12H2,1H3;2*1H;/q2*-1;;;+4/p-2. The van der Waals surface area contributed by atoms with E-state index in [-0.39, 0.29) is 46.5 Å². The molecular weight excluding hydrogens is 535 g/mol. The van der Waals surface area contributed by atoms with Gasteiger partial charge in [0.05, 0.1) is 0 Å². The van der Waals surface area contributed by atoms with Gasteiger partial charge >= 0.3 is 21.7 Å². The molecule has 5 heteroatoms. The molecule has 2 aromatic carbocycles. The molecule has 0 radical (unpaired) electrons. The summed E-state index contributed by atoms with van der Waals surface area (Å²) < 4.78 is 0. The van der Waals surface area contributed by atoms with Crippen LogP contribution in [-0.2, 0) is 21.7 Å². The molecule has 0 aromatic heterocycles. The quantitative estimate of drug-likeness (QED) is 0.369. The van der Waals surface area contributed by atoms with Crippen molar-refractivity contribution >= 4 is 28.3 Å². The van der Waals surface area contributed by atoms with Crippen LogP contribution in [0, 0.1) is 12.2 Å². The Balaban J connectivity index is 0.000000227. The molecule has 184 valence electrons. The second-order valence-corrected chi connectivity index (χ2v) is 20.3. The van der Waals surface area contributed by atoms with E-state index in [9.17, 15) is 0 Å². The van der Waals surface area contributed by atoms with Crippen LogP contribution < -0.4 is 24.8 Å². The second kappa shape index (κ2) is 13.4. The van der Waals surface area contributed by atoms with Crippen molar-refractivity contribution in [2.24, 2.45) is 0 Å². The molecule has 2 atom stereocenters. The van der Waals surface area contributed by atoms with Gasteiger partial charge in [0.2, 0.25) is 0 Å². The first-order valence-electron chi connectivity index (χ1n) is 13.1. The van der Waals surface area contributed by atoms with Crippen LogP contribution in [0.1, 0.15) is 72.9 Å². The molecule has 2 aliphatic carbocycles. The first-order valence-corrected chi connectivity index (χ1v) is 18.5. The van der Waals surface area contributed by atoms with Crippen molar-refractivity contribution in [3.8, 4) is 0 Å². The van der Waals surface area contributed by atoms with Crippen molar-refractivity contribution < 1.29 is 46.5 Å². The van der Waals surface area contributed by atoms with Crippen LogP contribution in [0.15, 0.2) is 48.5 Å². The minimum Gasteiger partial charge on any atom is -1.00 e. The molecule has 0 spiro atoms. The smallest absolute Gasteiger partial charge is 1.00 e. The van der Waals surface area contributed by atoms with E-state index >= 15 is 0 Å². The van der Waals surface area contributed by atoms with Crippen LogP contribution in [0.3, 0.4) is 0 Å². The second-order valence-electron chi connectivity index (χ2n) is 10.7. The van der Waals surface area contributed by atoms with Crippen LogP contribution in [0.25, 0.3) is 12.2 Å². The molecule has 2 aromatic rings. The normalized spacial score (nSPS) is 23.0. The summed E-state index contributed by atoms with van der Waals surface area (Å²) >= 11 is 0. The third-order valence-corrected chi connectivity index (χ3v) is 20.6. The molecule has 0 nitrogen and oxygen atoms in total. The maximum absolute atomic E-state index is 3.69. The van der Waals surface area contributed by atoms with E-state index in [0.717, 1.165) is 11.1 Å². The maximum atomic E-state index is 3.69. The van der Waals surface area contributed by atoms with E-state index in [4.69, 9.17) is 0 Å². The monoisotopic (exact) mass is 572 g/mol. The zero-order valence-corrected chi connectivity index (χ0v) is 26.3. The number of fused-ring (bicyclic) bond motifs is 2. The van der Waals surface area contributed by atoms with Gasteiger partial charge in [0.1, 0.15) is 0 Å². The Morgan fingerprint density at radius 3 is 1.34 bits per heavy atom. The minimum absolute atomic E-state index is 0. The SMILES string of the molecule is CCC[Si]1(C2[C-]=Cc3ccccc32)CCC1.CCC[Si]1(C2[C-]=Cc3ccccc32)CCC1.[Cl-].[Cl-].[Ti+4]. The predicted molar refractivity (Wildman–Crippen MR) is 144 cm³/mol. The van der Waals surface area contributed by atoms with E-state index in [1.54, 1.807) is 35.3 Å². The van der Waals surface area contributed by atoms with E-state index in [1.807, 2.05) is 0 Å². The zero-order chi connectivity index (χ0) is 22.0.